The molecule has 1 aliphatic heterocycles. The molecule has 0 saturated carbocycles. The summed E-state index contributed by atoms with van der Waals surface area (Å²) < 4.78 is 6.67. The van der Waals surface area contributed by atoms with Gasteiger partial charge in [0.05, 0.1) is 11.2 Å². The fourth-order valence-electron chi connectivity index (χ4n) is 2.66. The Kier molecular flexibility index (Phi) is 4.51. The lowest BCUT2D eigenvalue weighted by molar-refractivity contribution is 0.0356. The SMILES string of the molecule is Brc1cccc(C2(NCc3cscn3)CCOCC2)c1. The van der Waals surface area contributed by atoms with Gasteiger partial charge < -0.3 is 10.1 Å². The molecule has 0 aliphatic carbocycles. The molecule has 1 aromatic heterocycles. The van der Waals surface area contributed by atoms with E-state index in [1.165, 1.54) is 5.56 Å². The Labute approximate surface area is 131 Å². The molecule has 0 unspecified atom stereocenters. The van der Waals surface area contributed by atoms with Crippen LogP contribution in [-0.2, 0) is 16.8 Å². The number of halogens is 1. The summed E-state index contributed by atoms with van der Waals surface area (Å²) in [7, 11) is 0. The molecule has 0 atom stereocenters. The first-order valence-electron chi connectivity index (χ1n) is 6.74. The molecule has 1 aromatic carbocycles. The number of benzene rings is 1. The zero-order valence-electron chi connectivity index (χ0n) is 11.1. The van der Waals surface area contributed by atoms with E-state index in [0.29, 0.717) is 0 Å². The summed E-state index contributed by atoms with van der Waals surface area (Å²) in [4.78, 5) is 4.36. The highest BCUT2D eigenvalue weighted by Crippen LogP contribution is 2.33. The number of nitrogens with zero attached hydrogens (tertiary/aromatic N) is 1. The van der Waals surface area contributed by atoms with Crippen LogP contribution < -0.4 is 5.32 Å². The molecule has 1 fully saturated rings. The quantitative estimate of drug-likeness (QED) is 0.910. The Balaban J connectivity index is 1.84. The van der Waals surface area contributed by atoms with Crippen molar-refractivity contribution in [3.63, 3.8) is 0 Å². The number of nitrogens with one attached hydrogen (secondary N) is 1. The molecule has 20 heavy (non-hydrogen) atoms. The van der Waals surface area contributed by atoms with Gasteiger partial charge in [0.2, 0.25) is 0 Å². The van der Waals surface area contributed by atoms with Crippen molar-refractivity contribution in [2.24, 2.45) is 0 Å². The van der Waals surface area contributed by atoms with Gasteiger partial charge in [0.1, 0.15) is 0 Å². The van der Waals surface area contributed by atoms with Crippen molar-refractivity contribution in [3.05, 3.63) is 50.9 Å². The fraction of sp³-hybridized carbons (Fsp3) is 0.400. The lowest BCUT2D eigenvalue weighted by Crippen LogP contribution is -2.46. The van der Waals surface area contributed by atoms with E-state index in [4.69, 9.17) is 4.74 Å². The maximum absolute atomic E-state index is 5.55. The Morgan fingerprint density at radius 1 is 1.35 bits per heavy atom. The van der Waals surface area contributed by atoms with Gasteiger partial charge in [-0.05, 0) is 30.5 Å². The van der Waals surface area contributed by atoms with Gasteiger partial charge in [0.25, 0.3) is 0 Å². The van der Waals surface area contributed by atoms with Crippen LogP contribution in [0.3, 0.4) is 0 Å². The predicted octanol–water partition coefficient (Wildman–Crippen LogP) is 3.70. The number of ether oxygens (including phenoxy) is 1. The van der Waals surface area contributed by atoms with Crippen LogP contribution in [0.5, 0.6) is 0 Å². The van der Waals surface area contributed by atoms with E-state index < -0.39 is 0 Å². The lowest BCUT2D eigenvalue weighted by Gasteiger charge is -2.38. The summed E-state index contributed by atoms with van der Waals surface area (Å²) in [5, 5.41) is 5.82. The summed E-state index contributed by atoms with van der Waals surface area (Å²) in [6, 6.07) is 8.57. The third kappa shape index (κ3) is 3.11. The minimum absolute atomic E-state index is 0.00829. The third-order valence-corrected chi connectivity index (χ3v) is 4.94. The summed E-state index contributed by atoms with van der Waals surface area (Å²) in [5.41, 5.74) is 4.31. The number of aromatic nitrogens is 1. The largest absolute Gasteiger partial charge is 0.381 e. The zero-order valence-corrected chi connectivity index (χ0v) is 13.5. The van der Waals surface area contributed by atoms with Crippen molar-refractivity contribution < 1.29 is 4.74 Å². The standard InChI is InChI=1S/C15H17BrN2OS/c16-13-3-1-2-12(8-13)15(4-6-19-7-5-15)18-9-14-10-20-11-17-14/h1-3,8,10-11,18H,4-7,9H2. The normalized spacial score (nSPS) is 18.1. The van der Waals surface area contributed by atoms with Gasteiger partial charge in [0.15, 0.2) is 0 Å². The number of hydrogen-bond donors (Lipinski definition) is 1. The van der Waals surface area contributed by atoms with Crippen LogP contribution in [0.4, 0.5) is 0 Å². The van der Waals surface area contributed by atoms with Gasteiger partial charge in [-0.25, -0.2) is 4.98 Å². The summed E-state index contributed by atoms with van der Waals surface area (Å²) in [6.45, 7) is 2.41. The number of thiazole rings is 1. The highest BCUT2D eigenvalue weighted by atomic mass is 79.9. The van der Waals surface area contributed by atoms with Gasteiger partial charge in [-0.15, -0.1) is 11.3 Å². The van der Waals surface area contributed by atoms with Gasteiger partial charge in [-0.3, -0.25) is 0 Å². The van der Waals surface area contributed by atoms with Crippen LogP contribution >= 0.6 is 27.3 Å². The van der Waals surface area contributed by atoms with Crippen LogP contribution in [0.2, 0.25) is 0 Å². The van der Waals surface area contributed by atoms with E-state index in [0.717, 1.165) is 42.8 Å². The van der Waals surface area contributed by atoms with Crippen LogP contribution in [0.15, 0.2) is 39.6 Å². The second-order valence-electron chi connectivity index (χ2n) is 5.04. The van der Waals surface area contributed by atoms with Crippen molar-refractivity contribution >= 4 is 27.3 Å². The summed E-state index contributed by atoms with van der Waals surface area (Å²) >= 11 is 5.21. The topological polar surface area (TPSA) is 34.2 Å². The van der Waals surface area contributed by atoms with Gasteiger partial charge in [-0.1, -0.05) is 28.1 Å². The molecule has 2 heterocycles. The Bertz CT molecular complexity index is 553. The molecule has 1 saturated heterocycles. The first-order valence-corrected chi connectivity index (χ1v) is 8.48. The van der Waals surface area contributed by atoms with Crippen LogP contribution in [0.1, 0.15) is 24.1 Å². The van der Waals surface area contributed by atoms with Crippen molar-refractivity contribution in [2.75, 3.05) is 13.2 Å². The molecule has 0 amide bonds. The van der Waals surface area contributed by atoms with Crippen LogP contribution in [0, 0.1) is 0 Å². The highest BCUT2D eigenvalue weighted by molar-refractivity contribution is 9.10. The molecule has 3 rings (SSSR count). The second kappa shape index (κ2) is 6.35. The fourth-order valence-corrected chi connectivity index (χ4v) is 3.62. The zero-order chi connectivity index (χ0) is 13.8. The van der Waals surface area contributed by atoms with Crippen LogP contribution in [0.25, 0.3) is 0 Å². The second-order valence-corrected chi connectivity index (χ2v) is 6.67. The molecule has 0 spiro atoms. The molecule has 3 nitrogen and oxygen atoms in total. The smallest absolute Gasteiger partial charge is 0.0795 e. The van der Waals surface area contributed by atoms with Gasteiger partial charge >= 0.3 is 0 Å². The third-order valence-electron chi connectivity index (χ3n) is 3.81. The van der Waals surface area contributed by atoms with Crippen molar-refractivity contribution in [3.8, 4) is 0 Å². The Morgan fingerprint density at radius 2 is 2.20 bits per heavy atom. The molecule has 0 bridgehead atoms. The summed E-state index contributed by atoms with van der Waals surface area (Å²) in [6.07, 6.45) is 1.99. The minimum atomic E-state index is -0.00829. The monoisotopic (exact) mass is 352 g/mol. The number of hydrogen-bond acceptors (Lipinski definition) is 4. The molecule has 0 radical (unpaired) electrons. The molecule has 1 aliphatic rings. The Morgan fingerprint density at radius 3 is 2.90 bits per heavy atom. The van der Waals surface area contributed by atoms with E-state index in [9.17, 15) is 0 Å². The summed E-state index contributed by atoms with van der Waals surface area (Å²) in [5.74, 6) is 0. The highest BCUT2D eigenvalue weighted by Gasteiger charge is 2.34. The maximum Gasteiger partial charge on any atom is 0.0795 e. The Hall–Kier alpha value is -0.750. The van der Waals surface area contributed by atoms with E-state index in [-0.39, 0.29) is 5.54 Å². The lowest BCUT2D eigenvalue weighted by atomic mass is 9.82. The van der Waals surface area contributed by atoms with E-state index >= 15 is 0 Å². The minimum Gasteiger partial charge on any atom is -0.381 e. The molecule has 5 heteroatoms. The van der Waals surface area contributed by atoms with E-state index in [2.05, 4.69) is 55.9 Å². The van der Waals surface area contributed by atoms with E-state index in [1.54, 1.807) is 11.3 Å². The average molecular weight is 353 g/mol. The molecular weight excluding hydrogens is 336 g/mol. The molecule has 1 N–H and O–H groups in total. The van der Waals surface area contributed by atoms with Crippen LogP contribution in [-0.4, -0.2) is 18.2 Å². The first-order chi connectivity index (χ1) is 9.78. The van der Waals surface area contributed by atoms with Gasteiger partial charge in [-0.2, -0.15) is 0 Å². The maximum atomic E-state index is 5.55. The average Bonchev–Trinajstić information content (AvgIpc) is 3.00. The molecule has 106 valence electrons. The first kappa shape index (κ1) is 14.2. The van der Waals surface area contributed by atoms with Crippen molar-refractivity contribution in [1.29, 1.82) is 0 Å². The molecular formula is C15H17BrN2OS. The van der Waals surface area contributed by atoms with Crippen molar-refractivity contribution in [2.45, 2.75) is 24.9 Å². The predicted molar refractivity (Wildman–Crippen MR) is 84.8 cm³/mol. The molecule has 2 aromatic rings. The van der Waals surface area contributed by atoms with E-state index in [1.807, 2.05) is 5.51 Å². The van der Waals surface area contributed by atoms with Gasteiger partial charge in [0, 0.05) is 35.2 Å². The van der Waals surface area contributed by atoms with Crippen molar-refractivity contribution in [1.82, 2.24) is 10.3 Å². The number of rotatable bonds is 4.